The van der Waals surface area contributed by atoms with E-state index in [1.54, 1.807) is 0 Å². The Morgan fingerprint density at radius 1 is 1.19 bits per heavy atom. The first-order valence-electron chi connectivity index (χ1n) is 7.34. The Hall–Kier alpha value is -1.68. The quantitative estimate of drug-likeness (QED) is 0.796. The molecule has 0 bridgehead atoms. The molecule has 3 heterocycles. The van der Waals surface area contributed by atoms with Crippen molar-refractivity contribution in [2.24, 2.45) is 5.92 Å². The third-order valence-corrected chi connectivity index (χ3v) is 4.81. The number of ether oxygens (including phenoxy) is 2. The van der Waals surface area contributed by atoms with E-state index in [1.807, 2.05) is 24.4 Å². The van der Waals surface area contributed by atoms with E-state index in [0.717, 1.165) is 59.9 Å². The second-order valence-corrected chi connectivity index (χ2v) is 5.95. The molecule has 4 rings (SSSR count). The third kappa shape index (κ3) is 2.27. The first-order valence-corrected chi connectivity index (χ1v) is 7.88. The summed E-state index contributed by atoms with van der Waals surface area (Å²) in [7, 11) is 0. The average molecular weight is 305 g/mol. The van der Waals surface area contributed by atoms with Gasteiger partial charge in [-0.15, -0.1) is 11.6 Å². The molecular formula is C16H17ClN2O2. The molecule has 0 saturated carbocycles. The van der Waals surface area contributed by atoms with E-state index in [-0.39, 0.29) is 0 Å². The molecule has 110 valence electrons. The number of piperidine rings is 1. The molecule has 4 nitrogen and oxygen atoms in total. The number of hydrogen-bond donors (Lipinski definition) is 0. The summed E-state index contributed by atoms with van der Waals surface area (Å²) in [5, 5.41) is 2.27. The van der Waals surface area contributed by atoms with Crippen molar-refractivity contribution in [1.29, 1.82) is 0 Å². The lowest BCUT2D eigenvalue weighted by molar-refractivity contribution is 0.174. The second-order valence-electron chi connectivity index (χ2n) is 5.65. The van der Waals surface area contributed by atoms with Gasteiger partial charge in [-0.1, -0.05) is 0 Å². The first-order chi connectivity index (χ1) is 10.3. The molecule has 0 radical (unpaired) electrons. The van der Waals surface area contributed by atoms with Gasteiger partial charge in [-0.25, -0.2) is 4.98 Å². The van der Waals surface area contributed by atoms with E-state index in [2.05, 4.69) is 9.88 Å². The zero-order valence-electron chi connectivity index (χ0n) is 11.7. The maximum absolute atomic E-state index is 5.97. The Morgan fingerprint density at radius 3 is 2.71 bits per heavy atom. The fourth-order valence-electron chi connectivity index (χ4n) is 3.10. The highest BCUT2D eigenvalue weighted by atomic mass is 35.5. The van der Waals surface area contributed by atoms with Crippen molar-refractivity contribution < 1.29 is 9.47 Å². The minimum absolute atomic E-state index is 0.301. The predicted octanol–water partition coefficient (Wildman–Crippen LogP) is 3.42. The number of alkyl halides is 1. The Kier molecular flexibility index (Phi) is 3.26. The largest absolute Gasteiger partial charge is 0.454 e. The number of fused-ring (bicyclic) bond motifs is 2. The maximum atomic E-state index is 5.97. The zero-order chi connectivity index (χ0) is 14.2. The number of aromatic nitrogens is 1. The van der Waals surface area contributed by atoms with Crippen LogP contribution in [0.15, 0.2) is 24.4 Å². The van der Waals surface area contributed by atoms with Gasteiger partial charge >= 0.3 is 0 Å². The summed E-state index contributed by atoms with van der Waals surface area (Å²) in [6.45, 7) is 2.32. The minimum atomic E-state index is 0.301. The van der Waals surface area contributed by atoms with Crippen LogP contribution in [0.3, 0.4) is 0 Å². The van der Waals surface area contributed by atoms with E-state index in [4.69, 9.17) is 21.1 Å². The topological polar surface area (TPSA) is 34.6 Å². The molecule has 0 unspecified atom stereocenters. The number of anilines is 1. The second kappa shape index (κ2) is 5.26. The molecule has 0 amide bonds. The zero-order valence-corrected chi connectivity index (χ0v) is 12.5. The van der Waals surface area contributed by atoms with Crippen LogP contribution < -0.4 is 14.4 Å². The van der Waals surface area contributed by atoms with Gasteiger partial charge in [-0.2, -0.15) is 0 Å². The van der Waals surface area contributed by atoms with Gasteiger partial charge in [0.2, 0.25) is 6.79 Å². The molecule has 21 heavy (non-hydrogen) atoms. The highest BCUT2D eigenvalue weighted by Gasteiger charge is 2.22. The molecule has 1 aromatic carbocycles. The lowest BCUT2D eigenvalue weighted by atomic mass is 9.98. The molecule has 2 aliphatic heterocycles. The highest BCUT2D eigenvalue weighted by molar-refractivity contribution is 6.18. The van der Waals surface area contributed by atoms with Crippen LogP contribution in [0.1, 0.15) is 12.8 Å². The van der Waals surface area contributed by atoms with E-state index in [1.165, 1.54) is 0 Å². The molecule has 0 aliphatic carbocycles. The van der Waals surface area contributed by atoms with Crippen molar-refractivity contribution in [1.82, 2.24) is 4.98 Å². The Labute approximate surface area is 128 Å². The lowest BCUT2D eigenvalue weighted by Gasteiger charge is -2.32. The van der Waals surface area contributed by atoms with Crippen LogP contribution in [0, 0.1) is 5.92 Å². The number of benzene rings is 1. The van der Waals surface area contributed by atoms with E-state index in [0.29, 0.717) is 12.7 Å². The molecule has 0 spiro atoms. The third-order valence-electron chi connectivity index (χ3n) is 4.37. The smallest absolute Gasteiger partial charge is 0.231 e. The van der Waals surface area contributed by atoms with E-state index < -0.39 is 0 Å². The van der Waals surface area contributed by atoms with Crippen LogP contribution in [0.5, 0.6) is 11.5 Å². The molecule has 1 aromatic heterocycles. The highest BCUT2D eigenvalue weighted by Crippen LogP contribution is 2.39. The van der Waals surface area contributed by atoms with Crippen molar-refractivity contribution >= 4 is 28.2 Å². The molecular weight excluding hydrogens is 288 g/mol. The summed E-state index contributed by atoms with van der Waals surface area (Å²) in [6.07, 6.45) is 4.13. The molecule has 0 N–H and O–H groups in total. The van der Waals surface area contributed by atoms with Gasteiger partial charge < -0.3 is 14.4 Å². The molecule has 5 heteroatoms. The number of hydrogen-bond acceptors (Lipinski definition) is 4. The molecule has 1 saturated heterocycles. The van der Waals surface area contributed by atoms with Crippen LogP contribution >= 0.6 is 11.6 Å². The SMILES string of the molecule is ClCC1CCN(c2nccc3cc4c(cc23)OCO4)CC1. The van der Waals surface area contributed by atoms with Crippen molar-refractivity contribution in [3.63, 3.8) is 0 Å². The molecule has 1 fully saturated rings. The maximum Gasteiger partial charge on any atom is 0.231 e. The lowest BCUT2D eigenvalue weighted by Crippen LogP contribution is -2.34. The van der Waals surface area contributed by atoms with Crippen molar-refractivity contribution in [3.8, 4) is 11.5 Å². The van der Waals surface area contributed by atoms with Gasteiger partial charge in [0.05, 0.1) is 0 Å². The van der Waals surface area contributed by atoms with Crippen molar-refractivity contribution in [3.05, 3.63) is 24.4 Å². The Balaban J connectivity index is 1.72. The molecule has 2 aromatic rings. The fourth-order valence-corrected chi connectivity index (χ4v) is 3.41. The van der Waals surface area contributed by atoms with Gasteiger partial charge in [-0.3, -0.25) is 0 Å². The van der Waals surface area contributed by atoms with Crippen LogP contribution in [0.4, 0.5) is 5.82 Å². The Bertz CT molecular complexity index is 669. The fraction of sp³-hybridized carbons (Fsp3) is 0.438. The van der Waals surface area contributed by atoms with E-state index >= 15 is 0 Å². The number of halogens is 1. The molecule has 2 aliphatic rings. The van der Waals surface area contributed by atoms with Crippen molar-refractivity contribution in [2.45, 2.75) is 12.8 Å². The van der Waals surface area contributed by atoms with Gasteiger partial charge in [0.15, 0.2) is 11.5 Å². The van der Waals surface area contributed by atoms with Crippen LogP contribution in [-0.4, -0.2) is 30.7 Å². The number of pyridine rings is 1. The summed E-state index contributed by atoms with van der Waals surface area (Å²) in [6, 6.07) is 6.11. The first kappa shape index (κ1) is 13.0. The van der Waals surface area contributed by atoms with Gasteiger partial charge in [0.25, 0.3) is 0 Å². The van der Waals surface area contributed by atoms with E-state index in [9.17, 15) is 0 Å². The Morgan fingerprint density at radius 2 is 1.95 bits per heavy atom. The predicted molar refractivity (Wildman–Crippen MR) is 83.5 cm³/mol. The summed E-state index contributed by atoms with van der Waals surface area (Å²) in [4.78, 5) is 6.96. The average Bonchev–Trinajstić information content (AvgIpc) is 2.99. The summed E-state index contributed by atoms with van der Waals surface area (Å²) >= 11 is 5.97. The standard InChI is InChI=1S/C16H17ClN2O2/c17-9-11-2-5-19(6-3-11)16-13-8-15-14(20-10-21-15)7-12(13)1-4-18-16/h1,4,7-8,11H,2-3,5-6,9-10H2. The summed E-state index contributed by atoms with van der Waals surface area (Å²) in [5.74, 6) is 4.07. The van der Waals surface area contributed by atoms with Gasteiger partial charge in [0, 0.05) is 30.6 Å². The summed E-state index contributed by atoms with van der Waals surface area (Å²) < 4.78 is 10.9. The van der Waals surface area contributed by atoms with Crippen LogP contribution in [0.2, 0.25) is 0 Å². The normalized spacial score (nSPS) is 18.4. The summed E-state index contributed by atoms with van der Waals surface area (Å²) in [5.41, 5.74) is 0. The van der Waals surface area contributed by atoms with Gasteiger partial charge in [-0.05, 0) is 42.3 Å². The monoisotopic (exact) mass is 304 g/mol. The van der Waals surface area contributed by atoms with Gasteiger partial charge in [0.1, 0.15) is 5.82 Å². The van der Waals surface area contributed by atoms with Crippen LogP contribution in [0.25, 0.3) is 10.8 Å². The van der Waals surface area contributed by atoms with Crippen molar-refractivity contribution in [2.75, 3.05) is 30.7 Å². The number of nitrogens with zero attached hydrogens (tertiary/aromatic N) is 2. The number of rotatable bonds is 2. The van der Waals surface area contributed by atoms with Crippen LogP contribution in [-0.2, 0) is 0 Å². The minimum Gasteiger partial charge on any atom is -0.454 e. The molecule has 0 atom stereocenters.